The van der Waals surface area contributed by atoms with E-state index in [0.29, 0.717) is 0 Å². The summed E-state index contributed by atoms with van der Waals surface area (Å²) in [6.07, 6.45) is -1.46. The van der Waals surface area contributed by atoms with Gasteiger partial charge in [-0.15, -0.1) is 0 Å². The molecule has 0 spiro atoms. The number of carbonyl (C=O) groups excluding carboxylic acids is 2. The molecule has 2 N–H and O–H groups in total. The second kappa shape index (κ2) is 6.43. The lowest BCUT2D eigenvalue weighted by Crippen LogP contribution is -2.37. The lowest BCUT2D eigenvalue weighted by atomic mass is 10.4. The molecule has 0 aliphatic rings. The molecule has 0 bridgehead atoms. The van der Waals surface area contributed by atoms with E-state index in [9.17, 15) is 26.8 Å². The Morgan fingerprint density at radius 1 is 1.37 bits per heavy atom. The number of halogens is 2. The van der Waals surface area contributed by atoms with Gasteiger partial charge in [0.1, 0.15) is 0 Å². The van der Waals surface area contributed by atoms with Gasteiger partial charge in [-0.1, -0.05) is 6.58 Å². The third-order valence-electron chi connectivity index (χ3n) is 1.52. The van der Waals surface area contributed by atoms with Crippen molar-refractivity contribution < 1.29 is 40.8 Å². The Morgan fingerprint density at radius 2 is 1.89 bits per heavy atom. The molecule has 110 valence electrons. The molecule has 0 atom stereocenters. The van der Waals surface area contributed by atoms with Gasteiger partial charge < -0.3 is 9.47 Å². The predicted octanol–water partition coefficient (Wildman–Crippen LogP) is 0.270. The summed E-state index contributed by atoms with van der Waals surface area (Å²) in [5.41, 5.74) is 0.0491. The summed E-state index contributed by atoms with van der Waals surface area (Å²) in [7, 11) is -5.68. The smallest absolute Gasteiger partial charge is 0.410 e. The molecule has 0 aromatic carbocycles. The monoisotopic (exact) mass is 303 g/mol. The average Bonchev–Trinajstić information content (AvgIpc) is 2.24. The third-order valence-corrected chi connectivity index (χ3v) is 2.39. The van der Waals surface area contributed by atoms with Crippen molar-refractivity contribution in [3.05, 3.63) is 12.2 Å². The van der Waals surface area contributed by atoms with Crippen LogP contribution in [0.1, 0.15) is 6.92 Å². The van der Waals surface area contributed by atoms with E-state index in [1.807, 2.05) is 0 Å². The van der Waals surface area contributed by atoms with Crippen molar-refractivity contribution in [3.8, 4) is 0 Å². The molecule has 0 aromatic heterocycles. The minimum absolute atomic E-state index is 0.0491. The molecule has 0 heterocycles. The first-order valence-corrected chi connectivity index (χ1v) is 5.99. The molecule has 0 saturated heterocycles. The van der Waals surface area contributed by atoms with Gasteiger partial charge in [0.2, 0.25) is 0 Å². The van der Waals surface area contributed by atoms with Gasteiger partial charge in [0.05, 0.1) is 0 Å². The number of carbonyl (C=O) groups is 2. The Labute approximate surface area is 107 Å². The molecule has 0 unspecified atom stereocenters. The Morgan fingerprint density at radius 3 is 2.32 bits per heavy atom. The van der Waals surface area contributed by atoms with Gasteiger partial charge in [0, 0.05) is 5.57 Å². The number of alkyl carbamates (subject to hydrolysis) is 1. The van der Waals surface area contributed by atoms with E-state index in [2.05, 4.69) is 16.1 Å². The Balaban J connectivity index is 4.08. The lowest BCUT2D eigenvalue weighted by Gasteiger charge is -2.13. The van der Waals surface area contributed by atoms with Crippen LogP contribution in [0.25, 0.3) is 0 Å². The van der Waals surface area contributed by atoms with Crippen LogP contribution in [-0.2, 0) is 24.4 Å². The van der Waals surface area contributed by atoms with Crippen molar-refractivity contribution in [2.45, 2.75) is 12.2 Å². The van der Waals surface area contributed by atoms with Crippen LogP contribution in [0.15, 0.2) is 12.2 Å². The molecule has 0 fully saturated rings. The number of ether oxygens (including phenoxy) is 2. The third kappa shape index (κ3) is 6.10. The number of alkyl halides is 2. The summed E-state index contributed by atoms with van der Waals surface area (Å²) in [6.45, 7) is 2.02. The zero-order chi connectivity index (χ0) is 15.3. The standard InChI is InChI=1S/C8H11F2NO7S/c1-5(2)6(12)18-4-11-7(13)17-3-8(9,10)19(14,15)16/h1,3-4H2,2H3,(H,11,13)(H,14,15,16). The van der Waals surface area contributed by atoms with Crippen LogP contribution in [0, 0.1) is 0 Å². The fourth-order valence-electron chi connectivity index (χ4n) is 0.559. The maximum atomic E-state index is 12.6. The van der Waals surface area contributed by atoms with E-state index < -0.39 is 40.8 Å². The summed E-state index contributed by atoms with van der Waals surface area (Å²) < 4.78 is 61.8. The molecule has 0 aromatic rings. The van der Waals surface area contributed by atoms with Crippen molar-refractivity contribution in [3.63, 3.8) is 0 Å². The zero-order valence-corrected chi connectivity index (χ0v) is 10.5. The number of hydrogen-bond acceptors (Lipinski definition) is 6. The van der Waals surface area contributed by atoms with Gasteiger partial charge in [0.15, 0.2) is 13.3 Å². The second-order valence-electron chi connectivity index (χ2n) is 3.22. The van der Waals surface area contributed by atoms with E-state index in [0.717, 1.165) is 0 Å². The normalized spacial score (nSPS) is 11.6. The largest absolute Gasteiger partial charge is 0.442 e. The summed E-state index contributed by atoms with van der Waals surface area (Å²) in [5, 5.41) is -2.89. The molecule has 0 rings (SSSR count). The van der Waals surface area contributed by atoms with Gasteiger partial charge in [-0.05, 0) is 6.92 Å². The molecule has 0 aliphatic heterocycles. The number of nitrogens with one attached hydrogen (secondary N) is 1. The van der Waals surface area contributed by atoms with Crippen LogP contribution in [0.2, 0.25) is 0 Å². The SMILES string of the molecule is C=C(C)C(=O)OCNC(=O)OCC(F)(F)S(=O)(=O)O. The van der Waals surface area contributed by atoms with Crippen LogP contribution < -0.4 is 5.32 Å². The fourth-order valence-corrected chi connectivity index (χ4v) is 0.767. The molecular formula is C8H11F2NO7S. The van der Waals surface area contributed by atoms with Crippen molar-refractivity contribution in [2.75, 3.05) is 13.3 Å². The molecule has 0 saturated carbocycles. The molecular weight excluding hydrogens is 292 g/mol. The van der Waals surface area contributed by atoms with Crippen LogP contribution in [-0.4, -0.2) is 43.6 Å². The van der Waals surface area contributed by atoms with Crippen molar-refractivity contribution in [2.24, 2.45) is 0 Å². The maximum Gasteiger partial charge on any atom is 0.410 e. The van der Waals surface area contributed by atoms with Crippen LogP contribution in [0.3, 0.4) is 0 Å². The number of hydrogen-bond donors (Lipinski definition) is 2. The molecule has 19 heavy (non-hydrogen) atoms. The second-order valence-corrected chi connectivity index (χ2v) is 4.77. The quantitative estimate of drug-likeness (QED) is 0.313. The van der Waals surface area contributed by atoms with Gasteiger partial charge in [-0.25, -0.2) is 9.59 Å². The summed E-state index contributed by atoms with van der Waals surface area (Å²) in [6, 6.07) is 0. The predicted molar refractivity (Wildman–Crippen MR) is 56.8 cm³/mol. The molecule has 1 amide bonds. The van der Waals surface area contributed by atoms with E-state index in [1.54, 1.807) is 5.32 Å². The van der Waals surface area contributed by atoms with E-state index >= 15 is 0 Å². The zero-order valence-electron chi connectivity index (χ0n) is 9.68. The van der Waals surface area contributed by atoms with Gasteiger partial charge in [-0.2, -0.15) is 17.2 Å². The van der Waals surface area contributed by atoms with Gasteiger partial charge in [0.25, 0.3) is 0 Å². The molecule has 0 radical (unpaired) electrons. The Hall–Kier alpha value is -1.75. The highest BCUT2D eigenvalue weighted by Gasteiger charge is 2.45. The molecule has 8 nitrogen and oxygen atoms in total. The lowest BCUT2D eigenvalue weighted by molar-refractivity contribution is -0.139. The van der Waals surface area contributed by atoms with E-state index in [-0.39, 0.29) is 5.57 Å². The van der Waals surface area contributed by atoms with Crippen LogP contribution in [0.4, 0.5) is 13.6 Å². The highest BCUT2D eigenvalue weighted by Crippen LogP contribution is 2.20. The van der Waals surface area contributed by atoms with Crippen LogP contribution in [0.5, 0.6) is 0 Å². The van der Waals surface area contributed by atoms with E-state index in [4.69, 9.17) is 4.55 Å². The summed E-state index contributed by atoms with van der Waals surface area (Å²) in [4.78, 5) is 21.6. The van der Waals surface area contributed by atoms with Crippen molar-refractivity contribution >= 4 is 22.2 Å². The Bertz CT molecular complexity index is 473. The minimum atomic E-state index is -5.68. The van der Waals surface area contributed by atoms with Gasteiger partial charge in [-0.3, -0.25) is 9.87 Å². The van der Waals surface area contributed by atoms with Gasteiger partial charge >= 0.3 is 27.4 Å². The molecule has 11 heteroatoms. The first kappa shape index (κ1) is 17.2. The summed E-state index contributed by atoms with van der Waals surface area (Å²) >= 11 is 0. The fraction of sp³-hybridized carbons (Fsp3) is 0.500. The topological polar surface area (TPSA) is 119 Å². The minimum Gasteiger partial charge on any atom is -0.442 e. The number of rotatable bonds is 6. The highest BCUT2D eigenvalue weighted by atomic mass is 32.2. The highest BCUT2D eigenvalue weighted by molar-refractivity contribution is 7.86. The van der Waals surface area contributed by atoms with E-state index in [1.165, 1.54) is 6.92 Å². The van der Waals surface area contributed by atoms with Crippen molar-refractivity contribution in [1.82, 2.24) is 5.32 Å². The number of amides is 1. The first-order valence-electron chi connectivity index (χ1n) is 4.55. The average molecular weight is 303 g/mol. The maximum absolute atomic E-state index is 12.6. The first-order chi connectivity index (χ1) is 8.47. The van der Waals surface area contributed by atoms with Crippen molar-refractivity contribution in [1.29, 1.82) is 0 Å². The number of esters is 1. The van der Waals surface area contributed by atoms with Crippen LogP contribution >= 0.6 is 0 Å². The summed E-state index contributed by atoms with van der Waals surface area (Å²) in [5.74, 6) is -0.830. The Kier molecular flexibility index (Phi) is 5.83. The molecule has 0 aliphatic carbocycles.